The summed E-state index contributed by atoms with van der Waals surface area (Å²) in [5, 5.41) is 4.06. The second kappa shape index (κ2) is 5.50. The van der Waals surface area contributed by atoms with Crippen LogP contribution in [0.3, 0.4) is 0 Å². The number of benzene rings is 1. The first kappa shape index (κ1) is 13.7. The Hall–Kier alpha value is -0.730. The molecule has 0 radical (unpaired) electrons. The van der Waals surface area contributed by atoms with E-state index >= 15 is 0 Å². The second-order valence-electron chi connectivity index (χ2n) is 6.07. The largest absolute Gasteiger partial charge is 0.492 e. The van der Waals surface area contributed by atoms with E-state index in [4.69, 9.17) is 16.3 Å². The van der Waals surface area contributed by atoms with Crippen molar-refractivity contribution < 1.29 is 4.74 Å². The highest BCUT2D eigenvalue weighted by Gasteiger charge is 2.17. The third kappa shape index (κ3) is 3.39. The first-order chi connectivity index (χ1) is 8.47. The summed E-state index contributed by atoms with van der Waals surface area (Å²) in [6.45, 7) is 9.46. The third-order valence-electron chi connectivity index (χ3n) is 3.43. The predicted octanol–water partition coefficient (Wildman–Crippen LogP) is 3.63. The Balaban J connectivity index is 2.01. The van der Waals surface area contributed by atoms with E-state index in [1.165, 1.54) is 12.0 Å². The monoisotopic (exact) mass is 267 g/mol. The van der Waals surface area contributed by atoms with Gasteiger partial charge >= 0.3 is 0 Å². The van der Waals surface area contributed by atoms with Crippen molar-refractivity contribution in [3.05, 3.63) is 28.8 Å². The van der Waals surface area contributed by atoms with Gasteiger partial charge < -0.3 is 10.1 Å². The third-order valence-corrected chi connectivity index (χ3v) is 3.73. The summed E-state index contributed by atoms with van der Waals surface area (Å²) in [4.78, 5) is 0. The smallest absolute Gasteiger partial charge is 0.137 e. The van der Waals surface area contributed by atoms with Crippen LogP contribution in [0.2, 0.25) is 5.02 Å². The van der Waals surface area contributed by atoms with Crippen molar-refractivity contribution in [2.75, 3.05) is 19.7 Å². The molecule has 2 nitrogen and oxygen atoms in total. The van der Waals surface area contributed by atoms with Crippen molar-refractivity contribution in [3.8, 4) is 5.75 Å². The van der Waals surface area contributed by atoms with Crippen LogP contribution in [0.5, 0.6) is 5.75 Å². The Kier molecular flexibility index (Phi) is 4.18. The molecule has 1 atom stereocenters. The summed E-state index contributed by atoms with van der Waals surface area (Å²) in [6, 6.07) is 6.11. The number of hydrogen-bond acceptors (Lipinski definition) is 2. The van der Waals surface area contributed by atoms with E-state index in [0.717, 1.165) is 25.4 Å². The van der Waals surface area contributed by atoms with Crippen LogP contribution in [-0.4, -0.2) is 19.7 Å². The molecule has 0 unspecified atom stereocenters. The van der Waals surface area contributed by atoms with Crippen molar-refractivity contribution in [2.45, 2.75) is 32.6 Å². The minimum absolute atomic E-state index is 0.123. The number of halogens is 1. The first-order valence-corrected chi connectivity index (χ1v) is 6.98. The molecule has 0 bridgehead atoms. The Labute approximate surface area is 115 Å². The zero-order chi connectivity index (χ0) is 13.2. The molecule has 0 saturated carbocycles. The lowest BCUT2D eigenvalue weighted by molar-refractivity contribution is 0.260. The van der Waals surface area contributed by atoms with E-state index in [9.17, 15) is 0 Å². The Bertz CT molecular complexity index is 405. The standard InChI is InChI=1S/C15H22ClNO/c1-15(2,3)12-4-5-14(13(16)8-12)18-10-11-6-7-17-9-11/h4-5,8,11,17H,6-7,9-10H2,1-3H3/t11-/m0/s1. The lowest BCUT2D eigenvalue weighted by atomic mass is 9.87. The molecule has 1 aromatic rings. The fourth-order valence-electron chi connectivity index (χ4n) is 2.15. The van der Waals surface area contributed by atoms with Crippen molar-refractivity contribution in [1.29, 1.82) is 0 Å². The summed E-state index contributed by atoms with van der Waals surface area (Å²) in [7, 11) is 0. The molecular weight excluding hydrogens is 246 g/mol. The van der Waals surface area contributed by atoms with Gasteiger partial charge in [0.05, 0.1) is 11.6 Å². The van der Waals surface area contributed by atoms with E-state index in [1.54, 1.807) is 0 Å². The molecule has 1 aliphatic rings. The van der Waals surface area contributed by atoms with Gasteiger partial charge in [-0.25, -0.2) is 0 Å². The summed E-state index contributed by atoms with van der Waals surface area (Å²) < 4.78 is 5.82. The summed E-state index contributed by atoms with van der Waals surface area (Å²) in [6.07, 6.45) is 1.19. The van der Waals surface area contributed by atoms with Crippen LogP contribution in [-0.2, 0) is 5.41 Å². The van der Waals surface area contributed by atoms with Gasteiger partial charge in [0.25, 0.3) is 0 Å². The van der Waals surface area contributed by atoms with Gasteiger partial charge in [-0.2, -0.15) is 0 Å². The zero-order valence-electron chi connectivity index (χ0n) is 11.4. The molecular formula is C15H22ClNO. The minimum atomic E-state index is 0.123. The molecule has 1 heterocycles. The lowest BCUT2D eigenvalue weighted by Gasteiger charge is -2.20. The van der Waals surface area contributed by atoms with E-state index in [1.807, 2.05) is 12.1 Å². The van der Waals surface area contributed by atoms with E-state index < -0.39 is 0 Å². The van der Waals surface area contributed by atoms with E-state index in [2.05, 4.69) is 32.2 Å². The summed E-state index contributed by atoms with van der Waals surface area (Å²) in [5.74, 6) is 1.42. The molecule has 0 aromatic heterocycles. The quantitative estimate of drug-likeness (QED) is 0.903. The molecule has 1 N–H and O–H groups in total. The molecule has 1 fully saturated rings. The van der Waals surface area contributed by atoms with Gasteiger partial charge in [-0.15, -0.1) is 0 Å². The van der Waals surface area contributed by atoms with Crippen LogP contribution in [0.15, 0.2) is 18.2 Å². The number of hydrogen-bond donors (Lipinski definition) is 1. The maximum Gasteiger partial charge on any atom is 0.137 e. The fraction of sp³-hybridized carbons (Fsp3) is 0.600. The maximum atomic E-state index is 6.28. The number of nitrogens with one attached hydrogen (secondary N) is 1. The topological polar surface area (TPSA) is 21.3 Å². The highest BCUT2D eigenvalue weighted by Crippen LogP contribution is 2.31. The average molecular weight is 268 g/mol. The molecule has 1 aromatic carbocycles. The van der Waals surface area contributed by atoms with Gasteiger partial charge in [-0.05, 0) is 36.1 Å². The molecule has 100 valence electrons. The van der Waals surface area contributed by atoms with Crippen molar-refractivity contribution in [2.24, 2.45) is 5.92 Å². The van der Waals surface area contributed by atoms with Crippen molar-refractivity contribution in [1.82, 2.24) is 5.32 Å². The predicted molar refractivity (Wildman–Crippen MR) is 76.6 cm³/mol. The molecule has 0 spiro atoms. The molecule has 2 rings (SSSR count). The van der Waals surface area contributed by atoms with Crippen molar-refractivity contribution >= 4 is 11.6 Å². The van der Waals surface area contributed by atoms with Crippen molar-refractivity contribution in [3.63, 3.8) is 0 Å². The molecule has 18 heavy (non-hydrogen) atoms. The highest BCUT2D eigenvalue weighted by molar-refractivity contribution is 6.32. The SMILES string of the molecule is CC(C)(C)c1ccc(OC[C@H]2CCNC2)c(Cl)c1. The van der Waals surface area contributed by atoms with Crippen LogP contribution in [0.1, 0.15) is 32.8 Å². The molecule has 3 heteroatoms. The van der Waals surface area contributed by atoms with E-state index in [0.29, 0.717) is 10.9 Å². The van der Waals surface area contributed by atoms with E-state index in [-0.39, 0.29) is 5.41 Å². The fourth-order valence-corrected chi connectivity index (χ4v) is 2.38. The summed E-state index contributed by atoms with van der Waals surface area (Å²) >= 11 is 6.28. The summed E-state index contributed by atoms with van der Waals surface area (Å²) in [5.41, 5.74) is 1.36. The highest BCUT2D eigenvalue weighted by atomic mass is 35.5. The van der Waals surface area contributed by atoms with Crippen LogP contribution >= 0.6 is 11.6 Å². The van der Waals surface area contributed by atoms with Gasteiger partial charge in [0, 0.05) is 12.5 Å². The molecule has 1 aliphatic heterocycles. The van der Waals surface area contributed by atoms with Crippen LogP contribution in [0, 0.1) is 5.92 Å². The Morgan fingerprint density at radius 1 is 1.39 bits per heavy atom. The van der Waals surface area contributed by atoms with Gasteiger partial charge in [0.1, 0.15) is 5.75 Å². The Morgan fingerprint density at radius 3 is 2.72 bits per heavy atom. The van der Waals surface area contributed by atoms with Gasteiger partial charge in [0.2, 0.25) is 0 Å². The lowest BCUT2D eigenvalue weighted by Crippen LogP contribution is -2.16. The Morgan fingerprint density at radius 2 is 2.17 bits per heavy atom. The molecule has 0 amide bonds. The first-order valence-electron chi connectivity index (χ1n) is 6.60. The molecule has 1 saturated heterocycles. The average Bonchev–Trinajstić information content (AvgIpc) is 2.79. The van der Waals surface area contributed by atoms with Gasteiger partial charge in [-0.1, -0.05) is 38.4 Å². The molecule has 0 aliphatic carbocycles. The second-order valence-corrected chi connectivity index (χ2v) is 6.47. The van der Waals surface area contributed by atoms with Crippen LogP contribution in [0.25, 0.3) is 0 Å². The van der Waals surface area contributed by atoms with Crippen LogP contribution < -0.4 is 10.1 Å². The zero-order valence-corrected chi connectivity index (χ0v) is 12.2. The van der Waals surface area contributed by atoms with Gasteiger partial charge in [0.15, 0.2) is 0 Å². The van der Waals surface area contributed by atoms with Gasteiger partial charge in [-0.3, -0.25) is 0 Å². The minimum Gasteiger partial charge on any atom is -0.492 e. The van der Waals surface area contributed by atoms with Crippen LogP contribution in [0.4, 0.5) is 0 Å². The maximum absolute atomic E-state index is 6.28. The number of ether oxygens (including phenoxy) is 1. The number of rotatable bonds is 3. The normalized spacial score (nSPS) is 20.1.